The van der Waals surface area contributed by atoms with Crippen molar-refractivity contribution in [2.75, 3.05) is 12.5 Å². The molecule has 11 heteroatoms. The van der Waals surface area contributed by atoms with Crippen LogP contribution >= 0.6 is 45.8 Å². The summed E-state index contributed by atoms with van der Waals surface area (Å²) >= 11 is 6.17. The summed E-state index contributed by atoms with van der Waals surface area (Å²) in [5.74, 6) is -1.86. The second-order valence-electron chi connectivity index (χ2n) is 9.27. The smallest absolute Gasteiger partial charge is 0.307 e. The molecule has 0 radical (unpaired) electrons. The van der Waals surface area contributed by atoms with Crippen molar-refractivity contribution in [1.82, 2.24) is 0 Å². The van der Waals surface area contributed by atoms with Crippen molar-refractivity contribution in [3.8, 4) is 40.4 Å². The Morgan fingerprint density at radius 1 is 0.707 bits per heavy atom. The molecule has 2 aromatic carbocycles. The Labute approximate surface area is 253 Å². The Balaban J connectivity index is 1.54. The molecule has 210 valence electrons. The molecule has 0 aliphatic rings. The number of thioether (sulfide) groups is 1. The third-order valence-corrected chi connectivity index (χ3v) is 12.0. The lowest BCUT2D eigenvalue weighted by atomic mass is 10.1. The quantitative estimate of drug-likeness (QED) is 0.149. The highest BCUT2D eigenvalue weighted by atomic mass is 32.2. The fourth-order valence-electron chi connectivity index (χ4n) is 4.41. The first-order valence-corrected chi connectivity index (χ1v) is 17.8. The molecule has 0 fully saturated rings. The zero-order valence-electron chi connectivity index (χ0n) is 21.9. The second-order valence-corrected chi connectivity index (χ2v) is 15.4. The van der Waals surface area contributed by atoms with Crippen LogP contribution in [-0.4, -0.2) is 43.1 Å². The molecular formula is C30H24O6S5. The molecule has 5 rings (SSSR count). The molecule has 0 unspecified atom stereocenters. The van der Waals surface area contributed by atoms with E-state index in [0.717, 1.165) is 51.5 Å². The first-order chi connectivity index (χ1) is 19.5. The summed E-state index contributed by atoms with van der Waals surface area (Å²) in [6, 6.07) is 22.4. The molecule has 5 aromatic rings. The number of carboxylic acids is 2. The van der Waals surface area contributed by atoms with Crippen LogP contribution in [0.5, 0.6) is 0 Å². The third kappa shape index (κ3) is 6.65. The summed E-state index contributed by atoms with van der Waals surface area (Å²) in [7, 11) is -3.42. The van der Waals surface area contributed by atoms with Crippen LogP contribution in [0.25, 0.3) is 40.4 Å². The number of carbonyl (C=O) groups is 2. The van der Waals surface area contributed by atoms with Crippen molar-refractivity contribution in [3.63, 3.8) is 0 Å². The Kier molecular flexibility index (Phi) is 8.53. The average Bonchev–Trinajstić information content (AvgIpc) is 3.66. The molecule has 0 bridgehead atoms. The fraction of sp³-hybridized carbons (Fsp3) is 0.133. The first-order valence-electron chi connectivity index (χ1n) is 12.3. The number of sulfone groups is 1. The van der Waals surface area contributed by atoms with E-state index in [9.17, 15) is 28.2 Å². The number of rotatable bonds is 10. The molecular weight excluding hydrogens is 617 g/mol. The molecule has 3 aromatic heterocycles. The van der Waals surface area contributed by atoms with Gasteiger partial charge in [-0.3, -0.25) is 9.59 Å². The maximum Gasteiger partial charge on any atom is 0.307 e. The van der Waals surface area contributed by atoms with Gasteiger partial charge in [0.05, 0.1) is 17.7 Å². The monoisotopic (exact) mass is 640 g/mol. The minimum Gasteiger partial charge on any atom is -0.481 e. The van der Waals surface area contributed by atoms with E-state index in [0.29, 0.717) is 11.1 Å². The summed E-state index contributed by atoms with van der Waals surface area (Å²) < 4.78 is 24.3. The van der Waals surface area contributed by atoms with Crippen LogP contribution in [0.2, 0.25) is 0 Å². The van der Waals surface area contributed by atoms with Crippen molar-refractivity contribution < 1.29 is 28.2 Å². The Morgan fingerprint density at radius 2 is 1.22 bits per heavy atom. The van der Waals surface area contributed by atoms with Gasteiger partial charge in [0.15, 0.2) is 9.84 Å². The highest BCUT2D eigenvalue weighted by Gasteiger charge is 2.20. The number of benzene rings is 2. The molecule has 2 N–H and O–H groups in total. The van der Waals surface area contributed by atoms with Crippen LogP contribution in [0.3, 0.4) is 0 Å². The Morgan fingerprint density at radius 3 is 1.71 bits per heavy atom. The van der Waals surface area contributed by atoms with E-state index in [1.54, 1.807) is 52.6 Å². The predicted octanol–water partition coefficient (Wildman–Crippen LogP) is 7.92. The van der Waals surface area contributed by atoms with Gasteiger partial charge < -0.3 is 10.2 Å². The Hall–Kier alpha value is -3.22. The van der Waals surface area contributed by atoms with E-state index in [1.807, 2.05) is 48.7 Å². The summed E-state index contributed by atoms with van der Waals surface area (Å²) in [4.78, 5) is 30.0. The highest BCUT2D eigenvalue weighted by molar-refractivity contribution is 7.98. The Bertz CT molecular complexity index is 1880. The third-order valence-electron chi connectivity index (χ3n) is 6.25. The van der Waals surface area contributed by atoms with Gasteiger partial charge in [0.2, 0.25) is 0 Å². The molecule has 0 atom stereocenters. The van der Waals surface area contributed by atoms with Gasteiger partial charge in [0, 0.05) is 40.4 Å². The normalized spacial score (nSPS) is 11.6. The second kappa shape index (κ2) is 11.9. The minimum absolute atomic E-state index is 0.0765. The van der Waals surface area contributed by atoms with E-state index in [1.165, 1.54) is 17.4 Å². The highest BCUT2D eigenvalue weighted by Crippen LogP contribution is 2.46. The van der Waals surface area contributed by atoms with Gasteiger partial charge in [0.1, 0.15) is 0 Å². The molecule has 41 heavy (non-hydrogen) atoms. The zero-order valence-corrected chi connectivity index (χ0v) is 26.0. The van der Waals surface area contributed by atoms with E-state index < -0.39 is 21.8 Å². The fourth-order valence-corrected chi connectivity index (χ4v) is 9.06. The number of aliphatic carboxylic acids is 2. The standard InChI is InChI=1S/C30H24O6S5/c1-37-21-7-3-5-17(11-21)29-19(15-27(31)32)13-25(39-29)23-9-10-24(38-23)26-14-20(16-28(33)34)30(40-26)18-6-4-8-22(12-18)41(2,35)36/h3-14H,15-16H2,1-2H3,(H,31,32)(H,33,34). The van der Waals surface area contributed by atoms with Crippen LogP contribution in [0.1, 0.15) is 11.1 Å². The van der Waals surface area contributed by atoms with Crippen LogP contribution in [-0.2, 0) is 32.3 Å². The molecule has 6 nitrogen and oxygen atoms in total. The first kappa shape index (κ1) is 29.3. The van der Waals surface area contributed by atoms with E-state index in [4.69, 9.17) is 0 Å². The van der Waals surface area contributed by atoms with Crippen molar-refractivity contribution >= 4 is 67.5 Å². The number of hydrogen-bond acceptors (Lipinski definition) is 8. The lowest BCUT2D eigenvalue weighted by Gasteiger charge is -2.04. The topological polar surface area (TPSA) is 109 Å². The molecule has 0 aliphatic heterocycles. The van der Waals surface area contributed by atoms with Crippen LogP contribution in [0.15, 0.2) is 82.6 Å². The SMILES string of the molecule is CSc1cccc(-c2sc(-c3ccc(-c4cc(CC(=O)O)c(-c5cccc(S(C)(=O)=O)c5)s4)s3)cc2CC(=O)O)c1. The van der Waals surface area contributed by atoms with Crippen molar-refractivity contribution in [2.24, 2.45) is 0 Å². The van der Waals surface area contributed by atoms with Gasteiger partial charge in [-0.15, -0.1) is 45.8 Å². The van der Waals surface area contributed by atoms with Gasteiger partial charge in [0.25, 0.3) is 0 Å². The van der Waals surface area contributed by atoms with Crippen LogP contribution < -0.4 is 0 Å². The molecule has 0 spiro atoms. The summed E-state index contributed by atoms with van der Waals surface area (Å²) in [6.45, 7) is 0. The number of carboxylic acid groups (broad SMARTS) is 2. The maximum absolute atomic E-state index is 12.1. The lowest BCUT2D eigenvalue weighted by molar-refractivity contribution is -0.137. The van der Waals surface area contributed by atoms with E-state index >= 15 is 0 Å². The minimum atomic E-state index is -3.42. The molecule has 0 aliphatic carbocycles. The van der Waals surface area contributed by atoms with Crippen molar-refractivity contribution in [1.29, 1.82) is 0 Å². The summed E-state index contributed by atoms with van der Waals surface area (Å²) in [5.41, 5.74) is 3.03. The largest absolute Gasteiger partial charge is 0.481 e. The summed E-state index contributed by atoms with van der Waals surface area (Å²) in [5, 5.41) is 19.1. The molecule has 0 saturated heterocycles. The van der Waals surface area contributed by atoms with Crippen molar-refractivity contribution in [2.45, 2.75) is 22.6 Å². The van der Waals surface area contributed by atoms with Gasteiger partial charge in [-0.05, 0) is 77.0 Å². The van der Waals surface area contributed by atoms with Crippen LogP contribution in [0, 0.1) is 0 Å². The van der Waals surface area contributed by atoms with Gasteiger partial charge >= 0.3 is 11.9 Å². The van der Waals surface area contributed by atoms with Gasteiger partial charge in [-0.25, -0.2) is 8.42 Å². The lowest BCUT2D eigenvalue weighted by Crippen LogP contribution is -2.00. The summed E-state index contributed by atoms with van der Waals surface area (Å²) in [6.07, 6.45) is 2.89. The molecule has 0 saturated carbocycles. The van der Waals surface area contributed by atoms with E-state index in [-0.39, 0.29) is 17.7 Å². The van der Waals surface area contributed by atoms with Crippen molar-refractivity contribution in [3.05, 3.63) is 83.9 Å². The number of thiophene rings is 3. The van der Waals surface area contributed by atoms with E-state index in [2.05, 4.69) is 6.07 Å². The molecule has 0 amide bonds. The predicted molar refractivity (Wildman–Crippen MR) is 169 cm³/mol. The zero-order chi connectivity index (χ0) is 29.3. The average molecular weight is 641 g/mol. The van der Waals surface area contributed by atoms with Gasteiger partial charge in [-0.1, -0.05) is 24.3 Å². The molecule has 3 heterocycles. The van der Waals surface area contributed by atoms with Crippen LogP contribution in [0.4, 0.5) is 0 Å². The number of hydrogen-bond donors (Lipinski definition) is 2. The maximum atomic E-state index is 12.1. The van der Waals surface area contributed by atoms with Gasteiger partial charge in [-0.2, -0.15) is 0 Å².